The van der Waals surface area contributed by atoms with Gasteiger partial charge in [0.25, 0.3) is 0 Å². The lowest BCUT2D eigenvalue weighted by molar-refractivity contribution is 0.322. The number of hydrogen-bond donors (Lipinski definition) is 2. The fourth-order valence-electron chi connectivity index (χ4n) is 2.69. The number of aromatic amines is 1. The first-order valence-electron chi connectivity index (χ1n) is 6.58. The van der Waals surface area contributed by atoms with Crippen LogP contribution in [0, 0.1) is 5.92 Å². The predicted octanol–water partition coefficient (Wildman–Crippen LogP) is 2.64. The van der Waals surface area contributed by atoms with Crippen LogP contribution in [0.4, 0.5) is 0 Å². The van der Waals surface area contributed by atoms with Crippen LogP contribution in [0.1, 0.15) is 50.8 Å². The third-order valence-electron chi connectivity index (χ3n) is 3.68. The molecule has 1 fully saturated rings. The Morgan fingerprint density at radius 2 is 2.19 bits per heavy atom. The van der Waals surface area contributed by atoms with Gasteiger partial charge in [-0.25, -0.2) is 4.98 Å². The molecule has 0 aliphatic heterocycles. The van der Waals surface area contributed by atoms with Crippen molar-refractivity contribution in [2.45, 2.75) is 57.4 Å². The fraction of sp³-hybridized carbons (Fsp3) is 0.769. The molecule has 0 radical (unpaired) electrons. The van der Waals surface area contributed by atoms with Gasteiger partial charge in [-0.05, 0) is 18.8 Å². The molecule has 90 valence electrons. The molecule has 3 N–H and O–H groups in total. The molecule has 1 atom stereocenters. The Labute approximate surface area is 97.8 Å². The van der Waals surface area contributed by atoms with Crippen molar-refractivity contribution in [1.82, 2.24) is 9.97 Å². The Kier molecular flexibility index (Phi) is 4.40. The summed E-state index contributed by atoms with van der Waals surface area (Å²) >= 11 is 0. The highest BCUT2D eigenvalue weighted by atomic mass is 14.9. The Morgan fingerprint density at radius 3 is 2.88 bits per heavy atom. The summed E-state index contributed by atoms with van der Waals surface area (Å²) in [6.07, 6.45) is 14.1. The van der Waals surface area contributed by atoms with Gasteiger partial charge < -0.3 is 10.7 Å². The number of imidazole rings is 1. The van der Waals surface area contributed by atoms with E-state index in [0.29, 0.717) is 0 Å². The lowest BCUT2D eigenvalue weighted by Crippen LogP contribution is -2.24. The van der Waals surface area contributed by atoms with Crippen LogP contribution in [0.25, 0.3) is 0 Å². The van der Waals surface area contributed by atoms with Crippen molar-refractivity contribution in [3.8, 4) is 0 Å². The largest absolute Gasteiger partial charge is 0.349 e. The van der Waals surface area contributed by atoms with E-state index in [1.165, 1.54) is 38.5 Å². The van der Waals surface area contributed by atoms with Crippen molar-refractivity contribution >= 4 is 0 Å². The second-order valence-electron chi connectivity index (χ2n) is 5.08. The standard InChI is InChI=1S/C13H23N3/c14-12(10-13-15-8-9-16-13)7-6-11-4-2-1-3-5-11/h8-9,11-12H,1-7,10,14H2,(H,15,16). The zero-order valence-electron chi connectivity index (χ0n) is 9.99. The minimum absolute atomic E-state index is 0.271. The van der Waals surface area contributed by atoms with Crippen LogP contribution >= 0.6 is 0 Å². The number of nitrogens with two attached hydrogens (primary N) is 1. The van der Waals surface area contributed by atoms with Crippen LogP contribution in [-0.2, 0) is 6.42 Å². The summed E-state index contributed by atoms with van der Waals surface area (Å²) in [6.45, 7) is 0. The Balaban J connectivity index is 1.65. The van der Waals surface area contributed by atoms with Gasteiger partial charge in [-0.15, -0.1) is 0 Å². The first-order valence-corrected chi connectivity index (χ1v) is 6.58. The van der Waals surface area contributed by atoms with Crippen LogP contribution in [0.5, 0.6) is 0 Å². The van der Waals surface area contributed by atoms with Crippen LogP contribution in [-0.4, -0.2) is 16.0 Å². The predicted molar refractivity (Wildman–Crippen MR) is 66.1 cm³/mol. The highest BCUT2D eigenvalue weighted by Crippen LogP contribution is 2.27. The number of H-pyrrole nitrogens is 1. The Hall–Kier alpha value is -0.830. The molecule has 1 aromatic rings. The van der Waals surface area contributed by atoms with E-state index in [1.54, 1.807) is 6.20 Å². The van der Waals surface area contributed by atoms with E-state index in [9.17, 15) is 0 Å². The molecule has 0 bridgehead atoms. The summed E-state index contributed by atoms with van der Waals surface area (Å²) in [5.41, 5.74) is 6.12. The molecule has 0 aromatic carbocycles. The highest BCUT2D eigenvalue weighted by molar-refractivity contribution is 4.90. The van der Waals surface area contributed by atoms with E-state index in [-0.39, 0.29) is 6.04 Å². The summed E-state index contributed by atoms with van der Waals surface area (Å²) in [6, 6.07) is 0.271. The van der Waals surface area contributed by atoms with E-state index in [2.05, 4.69) is 9.97 Å². The lowest BCUT2D eigenvalue weighted by Gasteiger charge is -2.22. The average molecular weight is 221 g/mol. The quantitative estimate of drug-likeness (QED) is 0.803. The molecule has 1 aromatic heterocycles. The van der Waals surface area contributed by atoms with E-state index in [4.69, 9.17) is 5.73 Å². The number of rotatable bonds is 5. The van der Waals surface area contributed by atoms with E-state index >= 15 is 0 Å². The smallest absolute Gasteiger partial charge is 0.107 e. The van der Waals surface area contributed by atoms with Crippen LogP contribution < -0.4 is 5.73 Å². The van der Waals surface area contributed by atoms with Crippen molar-refractivity contribution in [3.63, 3.8) is 0 Å². The Morgan fingerprint density at radius 1 is 1.38 bits per heavy atom. The molecule has 3 heteroatoms. The first kappa shape index (κ1) is 11.6. The molecule has 2 rings (SSSR count). The van der Waals surface area contributed by atoms with Crippen molar-refractivity contribution in [2.24, 2.45) is 11.7 Å². The third-order valence-corrected chi connectivity index (χ3v) is 3.68. The van der Waals surface area contributed by atoms with E-state index in [0.717, 1.165) is 24.6 Å². The molecule has 0 saturated heterocycles. The highest BCUT2D eigenvalue weighted by Gasteiger charge is 2.15. The molecule has 1 saturated carbocycles. The minimum Gasteiger partial charge on any atom is -0.349 e. The van der Waals surface area contributed by atoms with Crippen LogP contribution in [0.2, 0.25) is 0 Å². The number of aromatic nitrogens is 2. The molecule has 1 aliphatic rings. The SMILES string of the molecule is NC(CCC1CCCCC1)Cc1ncc[nH]1. The van der Waals surface area contributed by atoms with Gasteiger partial charge in [-0.3, -0.25) is 0 Å². The number of hydrogen-bond acceptors (Lipinski definition) is 2. The second kappa shape index (κ2) is 6.04. The molecule has 1 heterocycles. The van der Waals surface area contributed by atoms with Gasteiger partial charge >= 0.3 is 0 Å². The molecular formula is C13H23N3. The molecule has 3 nitrogen and oxygen atoms in total. The van der Waals surface area contributed by atoms with Gasteiger partial charge in [0, 0.05) is 24.9 Å². The lowest BCUT2D eigenvalue weighted by atomic mass is 9.85. The molecular weight excluding hydrogens is 198 g/mol. The maximum Gasteiger partial charge on any atom is 0.107 e. The summed E-state index contributed by atoms with van der Waals surface area (Å²) < 4.78 is 0. The number of nitrogens with zero attached hydrogens (tertiary/aromatic N) is 1. The van der Waals surface area contributed by atoms with Gasteiger partial charge in [0.1, 0.15) is 5.82 Å². The Bertz CT molecular complexity index is 275. The van der Waals surface area contributed by atoms with E-state index in [1.807, 2.05) is 6.20 Å². The van der Waals surface area contributed by atoms with Crippen LogP contribution in [0.15, 0.2) is 12.4 Å². The molecule has 1 unspecified atom stereocenters. The minimum atomic E-state index is 0.271. The van der Waals surface area contributed by atoms with Gasteiger partial charge in [0.05, 0.1) is 0 Å². The van der Waals surface area contributed by atoms with Gasteiger partial charge in [0.2, 0.25) is 0 Å². The summed E-state index contributed by atoms with van der Waals surface area (Å²) in [7, 11) is 0. The maximum absolute atomic E-state index is 6.12. The summed E-state index contributed by atoms with van der Waals surface area (Å²) in [5, 5.41) is 0. The van der Waals surface area contributed by atoms with Crippen molar-refractivity contribution in [3.05, 3.63) is 18.2 Å². The zero-order chi connectivity index (χ0) is 11.2. The third kappa shape index (κ3) is 3.63. The van der Waals surface area contributed by atoms with E-state index < -0.39 is 0 Å². The monoisotopic (exact) mass is 221 g/mol. The average Bonchev–Trinajstić information content (AvgIpc) is 2.81. The molecule has 0 spiro atoms. The van der Waals surface area contributed by atoms with Gasteiger partial charge in [0.15, 0.2) is 0 Å². The fourth-order valence-corrected chi connectivity index (χ4v) is 2.69. The van der Waals surface area contributed by atoms with Crippen molar-refractivity contribution in [2.75, 3.05) is 0 Å². The van der Waals surface area contributed by atoms with Gasteiger partial charge in [-0.1, -0.05) is 32.1 Å². The van der Waals surface area contributed by atoms with Crippen molar-refractivity contribution in [1.29, 1.82) is 0 Å². The normalized spacial score (nSPS) is 19.8. The molecule has 0 amide bonds. The zero-order valence-corrected chi connectivity index (χ0v) is 9.99. The topological polar surface area (TPSA) is 54.7 Å². The maximum atomic E-state index is 6.12. The molecule has 1 aliphatic carbocycles. The first-order chi connectivity index (χ1) is 7.84. The number of nitrogens with one attached hydrogen (secondary N) is 1. The van der Waals surface area contributed by atoms with Crippen LogP contribution in [0.3, 0.4) is 0 Å². The van der Waals surface area contributed by atoms with Crippen molar-refractivity contribution < 1.29 is 0 Å². The summed E-state index contributed by atoms with van der Waals surface area (Å²) in [5.74, 6) is 1.97. The summed E-state index contributed by atoms with van der Waals surface area (Å²) in [4.78, 5) is 7.33. The second-order valence-corrected chi connectivity index (χ2v) is 5.08. The molecule has 16 heavy (non-hydrogen) atoms. The van der Waals surface area contributed by atoms with Gasteiger partial charge in [-0.2, -0.15) is 0 Å².